The molecule has 2 N–H and O–H groups in total. The molecule has 10 heteroatoms. The molecule has 3 heterocycles. The number of pyridine rings is 1. The molecule has 0 fully saturated rings. The van der Waals surface area contributed by atoms with Crippen molar-refractivity contribution in [2.45, 2.75) is 32.5 Å². The number of hydrogen-bond donors (Lipinski definition) is 2. The second-order valence-electron chi connectivity index (χ2n) is 7.92. The molecule has 33 heavy (non-hydrogen) atoms. The number of amides is 1. The summed E-state index contributed by atoms with van der Waals surface area (Å²) in [5.41, 5.74) is 2.33. The van der Waals surface area contributed by atoms with Crippen molar-refractivity contribution in [3.05, 3.63) is 82.7 Å². The first-order chi connectivity index (χ1) is 15.9. The predicted octanol–water partition coefficient (Wildman–Crippen LogP) is 3.17. The number of nitrogens with zero attached hydrogens (tertiary/aromatic N) is 5. The molecular formula is C23H24FN7O2. The van der Waals surface area contributed by atoms with E-state index in [1.807, 2.05) is 19.9 Å². The molecule has 1 amide bonds. The standard InChI is InChI=1S/C23H24FN7O2/c1-15(2)23-19(25-11-18(24)16-6-4-3-5-7-16)10-22(33)31(29-23)13-21(32)27-17-8-9-20-28-26-14-30(20)12-17/h3-10,12,14-15,18,25H,11,13H2,1-2H3,(H,27,32). The Balaban J connectivity index is 1.47. The molecule has 4 rings (SSSR count). The Morgan fingerprint density at radius 3 is 2.70 bits per heavy atom. The summed E-state index contributed by atoms with van der Waals surface area (Å²) in [6, 6.07) is 13.6. The molecule has 3 aromatic heterocycles. The minimum atomic E-state index is -1.23. The van der Waals surface area contributed by atoms with E-state index in [4.69, 9.17) is 0 Å². The van der Waals surface area contributed by atoms with Gasteiger partial charge in [-0.2, -0.15) is 5.10 Å². The molecule has 0 aliphatic heterocycles. The first-order valence-corrected chi connectivity index (χ1v) is 10.5. The molecule has 0 bridgehead atoms. The van der Waals surface area contributed by atoms with Gasteiger partial charge in [0.25, 0.3) is 5.56 Å². The molecule has 0 spiro atoms. The van der Waals surface area contributed by atoms with E-state index in [-0.39, 0.29) is 19.0 Å². The minimum absolute atomic E-state index is 0.000930. The molecule has 0 saturated carbocycles. The topological polar surface area (TPSA) is 106 Å². The molecule has 0 aliphatic rings. The van der Waals surface area contributed by atoms with Crippen LogP contribution in [-0.4, -0.2) is 36.8 Å². The molecule has 0 radical (unpaired) electrons. The summed E-state index contributed by atoms with van der Waals surface area (Å²) in [6.07, 6.45) is 1.97. The maximum Gasteiger partial charge on any atom is 0.269 e. The van der Waals surface area contributed by atoms with E-state index in [0.717, 1.165) is 4.68 Å². The average Bonchev–Trinajstić information content (AvgIpc) is 3.27. The molecule has 1 atom stereocenters. The van der Waals surface area contributed by atoms with Crippen molar-refractivity contribution in [2.75, 3.05) is 17.2 Å². The summed E-state index contributed by atoms with van der Waals surface area (Å²) in [5.74, 6) is -0.450. The van der Waals surface area contributed by atoms with Crippen molar-refractivity contribution in [3.63, 3.8) is 0 Å². The fourth-order valence-electron chi connectivity index (χ4n) is 3.40. The van der Waals surface area contributed by atoms with Crippen LogP contribution in [0, 0.1) is 0 Å². The number of fused-ring (bicyclic) bond motifs is 1. The number of nitrogens with one attached hydrogen (secondary N) is 2. The number of benzene rings is 1. The van der Waals surface area contributed by atoms with Crippen LogP contribution in [0.1, 0.15) is 37.2 Å². The summed E-state index contributed by atoms with van der Waals surface area (Å²) in [7, 11) is 0. The van der Waals surface area contributed by atoms with Crippen LogP contribution in [-0.2, 0) is 11.3 Å². The zero-order chi connectivity index (χ0) is 23.4. The van der Waals surface area contributed by atoms with Gasteiger partial charge in [0, 0.05) is 12.3 Å². The summed E-state index contributed by atoms with van der Waals surface area (Å²) < 4.78 is 17.3. The third kappa shape index (κ3) is 5.22. The van der Waals surface area contributed by atoms with Gasteiger partial charge in [-0.1, -0.05) is 44.2 Å². The molecule has 4 aromatic rings. The van der Waals surface area contributed by atoms with Crippen LogP contribution in [0.4, 0.5) is 15.8 Å². The van der Waals surface area contributed by atoms with E-state index in [1.165, 1.54) is 12.4 Å². The van der Waals surface area contributed by atoms with Crippen LogP contribution in [0.25, 0.3) is 5.65 Å². The maximum atomic E-state index is 14.6. The van der Waals surface area contributed by atoms with Crippen molar-refractivity contribution in [1.82, 2.24) is 24.4 Å². The smallest absolute Gasteiger partial charge is 0.269 e. The van der Waals surface area contributed by atoms with Gasteiger partial charge in [-0.05, 0) is 23.6 Å². The lowest BCUT2D eigenvalue weighted by molar-refractivity contribution is -0.117. The van der Waals surface area contributed by atoms with E-state index in [9.17, 15) is 14.0 Å². The highest BCUT2D eigenvalue weighted by Crippen LogP contribution is 2.23. The lowest BCUT2D eigenvalue weighted by atomic mass is 10.1. The van der Waals surface area contributed by atoms with E-state index in [1.54, 1.807) is 47.0 Å². The Hall–Kier alpha value is -4.08. The fraction of sp³-hybridized carbons (Fsp3) is 0.261. The van der Waals surface area contributed by atoms with E-state index in [0.29, 0.717) is 28.3 Å². The first-order valence-electron chi connectivity index (χ1n) is 10.5. The van der Waals surface area contributed by atoms with Crippen molar-refractivity contribution in [2.24, 2.45) is 0 Å². The molecule has 1 aromatic carbocycles. The zero-order valence-corrected chi connectivity index (χ0v) is 18.3. The summed E-state index contributed by atoms with van der Waals surface area (Å²) >= 11 is 0. The number of hydrogen-bond acceptors (Lipinski definition) is 6. The molecule has 0 saturated heterocycles. The minimum Gasteiger partial charge on any atom is -0.380 e. The molecule has 9 nitrogen and oxygen atoms in total. The van der Waals surface area contributed by atoms with Crippen LogP contribution in [0.5, 0.6) is 0 Å². The maximum absolute atomic E-state index is 14.6. The Labute approximate surface area is 189 Å². The third-order valence-electron chi connectivity index (χ3n) is 5.07. The molecular weight excluding hydrogens is 425 g/mol. The van der Waals surface area contributed by atoms with Gasteiger partial charge in [0.15, 0.2) is 5.65 Å². The predicted molar refractivity (Wildman–Crippen MR) is 123 cm³/mol. The van der Waals surface area contributed by atoms with E-state index < -0.39 is 17.6 Å². The number of alkyl halides is 1. The Morgan fingerprint density at radius 1 is 1.15 bits per heavy atom. The number of aromatic nitrogens is 5. The number of carbonyl (C=O) groups is 1. The summed E-state index contributed by atoms with van der Waals surface area (Å²) in [5, 5.41) is 17.8. The second kappa shape index (κ2) is 9.60. The van der Waals surface area contributed by atoms with Gasteiger partial charge >= 0.3 is 0 Å². The number of rotatable bonds is 8. The van der Waals surface area contributed by atoms with Crippen LogP contribution >= 0.6 is 0 Å². The highest BCUT2D eigenvalue weighted by atomic mass is 19.1. The molecule has 170 valence electrons. The number of halogens is 1. The second-order valence-corrected chi connectivity index (χ2v) is 7.92. The highest BCUT2D eigenvalue weighted by molar-refractivity contribution is 5.90. The molecule has 1 unspecified atom stereocenters. The Bertz CT molecular complexity index is 1320. The number of carbonyl (C=O) groups excluding carboxylic acids is 1. The Morgan fingerprint density at radius 2 is 1.94 bits per heavy atom. The van der Waals surface area contributed by atoms with Crippen molar-refractivity contribution >= 4 is 22.9 Å². The average molecular weight is 449 g/mol. The van der Waals surface area contributed by atoms with Crippen LogP contribution < -0.4 is 16.2 Å². The first kappa shape index (κ1) is 22.1. The van der Waals surface area contributed by atoms with Gasteiger partial charge in [-0.25, -0.2) is 9.07 Å². The van der Waals surface area contributed by atoms with Crippen molar-refractivity contribution in [3.8, 4) is 0 Å². The largest absolute Gasteiger partial charge is 0.380 e. The third-order valence-corrected chi connectivity index (χ3v) is 5.07. The zero-order valence-electron chi connectivity index (χ0n) is 18.3. The van der Waals surface area contributed by atoms with E-state index in [2.05, 4.69) is 25.9 Å². The van der Waals surface area contributed by atoms with E-state index >= 15 is 0 Å². The van der Waals surface area contributed by atoms with Gasteiger partial charge in [-0.15, -0.1) is 10.2 Å². The lowest BCUT2D eigenvalue weighted by Gasteiger charge is -2.17. The van der Waals surface area contributed by atoms with Gasteiger partial charge in [0.1, 0.15) is 19.0 Å². The molecule has 0 aliphatic carbocycles. The number of anilines is 2. The van der Waals surface area contributed by atoms with Crippen molar-refractivity contribution < 1.29 is 9.18 Å². The fourth-order valence-corrected chi connectivity index (χ4v) is 3.40. The normalized spacial score (nSPS) is 12.1. The monoisotopic (exact) mass is 449 g/mol. The van der Waals surface area contributed by atoms with Crippen molar-refractivity contribution in [1.29, 1.82) is 0 Å². The lowest BCUT2D eigenvalue weighted by Crippen LogP contribution is -2.31. The van der Waals surface area contributed by atoms with Crippen LogP contribution in [0.2, 0.25) is 0 Å². The van der Waals surface area contributed by atoms with Gasteiger partial charge < -0.3 is 10.6 Å². The SMILES string of the molecule is CC(C)c1nn(CC(=O)Nc2ccc3nncn3c2)c(=O)cc1NCC(F)c1ccccc1. The van der Waals surface area contributed by atoms with Crippen LogP contribution in [0.3, 0.4) is 0 Å². The summed E-state index contributed by atoms with van der Waals surface area (Å²) in [6.45, 7) is 3.58. The summed E-state index contributed by atoms with van der Waals surface area (Å²) in [4.78, 5) is 25.2. The van der Waals surface area contributed by atoms with Gasteiger partial charge in [-0.3, -0.25) is 14.0 Å². The van der Waals surface area contributed by atoms with Crippen LogP contribution in [0.15, 0.2) is 65.8 Å². The van der Waals surface area contributed by atoms with Gasteiger partial charge in [0.2, 0.25) is 5.91 Å². The quantitative estimate of drug-likeness (QED) is 0.428. The van der Waals surface area contributed by atoms with Gasteiger partial charge in [0.05, 0.1) is 23.6 Å². The Kier molecular flexibility index (Phi) is 6.43. The highest BCUT2D eigenvalue weighted by Gasteiger charge is 2.16.